The molecule has 2 aromatic rings. The Labute approximate surface area is 172 Å². The van der Waals surface area contributed by atoms with E-state index in [2.05, 4.69) is 4.98 Å². The number of ether oxygens (including phenoxy) is 1. The fourth-order valence-corrected chi connectivity index (χ4v) is 4.82. The SMILES string of the molecule is C[C@@H]1CN(C(=O)OC(C)(C)C)CC=CCN1S(=O)(=O)c1ccc2cnccc2c1. The van der Waals surface area contributed by atoms with Gasteiger partial charge in [-0.2, -0.15) is 4.31 Å². The van der Waals surface area contributed by atoms with Gasteiger partial charge in [0.2, 0.25) is 10.0 Å². The van der Waals surface area contributed by atoms with Crippen molar-refractivity contribution in [2.24, 2.45) is 0 Å². The third-order valence-corrected chi connectivity index (χ3v) is 6.60. The Morgan fingerprint density at radius 1 is 1.14 bits per heavy atom. The van der Waals surface area contributed by atoms with Crippen LogP contribution in [0, 0.1) is 0 Å². The molecular formula is C21H27N3O4S. The van der Waals surface area contributed by atoms with Crippen molar-refractivity contribution in [3.05, 3.63) is 48.8 Å². The summed E-state index contributed by atoms with van der Waals surface area (Å²) in [7, 11) is -3.74. The van der Waals surface area contributed by atoms with Crippen LogP contribution in [0.5, 0.6) is 0 Å². The predicted octanol–water partition coefficient (Wildman–Crippen LogP) is 3.42. The molecule has 1 aromatic carbocycles. The van der Waals surface area contributed by atoms with Gasteiger partial charge in [0.15, 0.2) is 0 Å². The van der Waals surface area contributed by atoms with Crippen molar-refractivity contribution >= 4 is 26.9 Å². The summed E-state index contributed by atoms with van der Waals surface area (Å²) in [5, 5.41) is 1.69. The van der Waals surface area contributed by atoms with Crippen molar-refractivity contribution in [1.82, 2.24) is 14.2 Å². The molecule has 156 valence electrons. The van der Waals surface area contributed by atoms with Crippen molar-refractivity contribution in [3.63, 3.8) is 0 Å². The van der Waals surface area contributed by atoms with Gasteiger partial charge >= 0.3 is 6.09 Å². The molecule has 0 N–H and O–H groups in total. The molecule has 8 heteroatoms. The largest absolute Gasteiger partial charge is 0.444 e. The maximum absolute atomic E-state index is 13.4. The molecule has 0 spiro atoms. The molecule has 1 atom stereocenters. The molecule has 0 radical (unpaired) electrons. The average Bonchev–Trinajstić information content (AvgIpc) is 2.62. The lowest BCUT2D eigenvalue weighted by Crippen LogP contribution is -2.49. The first-order valence-corrected chi connectivity index (χ1v) is 11.0. The second kappa shape index (κ2) is 8.12. The highest BCUT2D eigenvalue weighted by Gasteiger charge is 2.32. The summed E-state index contributed by atoms with van der Waals surface area (Å²) < 4.78 is 33.6. The molecule has 2 heterocycles. The fraction of sp³-hybridized carbons (Fsp3) is 0.429. The Balaban J connectivity index is 1.87. The Hall–Kier alpha value is -2.45. The van der Waals surface area contributed by atoms with Crippen molar-refractivity contribution in [2.45, 2.75) is 44.2 Å². The zero-order valence-corrected chi connectivity index (χ0v) is 18.0. The highest BCUT2D eigenvalue weighted by molar-refractivity contribution is 7.89. The molecule has 0 saturated heterocycles. The summed E-state index contributed by atoms with van der Waals surface area (Å²) in [5.74, 6) is 0. The molecule has 1 aliphatic heterocycles. The van der Waals surface area contributed by atoms with E-state index in [0.717, 1.165) is 10.8 Å². The molecule has 3 rings (SSSR count). The number of hydrogen-bond acceptors (Lipinski definition) is 5. The highest BCUT2D eigenvalue weighted by atomic mass is 32.2. The normalized spacial score (nSPS) is 19.0. The second-order valence-electron chi connectivity index (χ2n) is 8.17. The summed E-state index contributed by atoms with van der Waals surface area (Å²) in [6.07, 6.45) is 6.46. The van der Waals surface area contributed by atoms with Crippen LogP contribution >= 0.6 is 0 Å². The molecule has 0 aliphatic carbocycles. The number of amides is 1. The Morgan fingerprint density at radius 2 is 1.86 bits per heavy atom. The van der Waals surface area contributed by atoms with Gasteiger partial charge in [0.25, 0.3) is 0 Å². The van der Waals surface area contributed by atoms with E-state index in [9.17, 15) is 13.2 Å². The second-order valence-corrected chi connectivity index (χ2v) is 10.1. The smallest absolute Gasteiger partial charge is 0.410 e. The lowest BCUT2D eigenvalue weighted by atomic mass is 10.2. The highest BCUT2D eigenvalue weighted by Crippen LogP contribution is 2.24. The van der Waals surface area contributed by atoms with E-state index in [4.69, 9.17) is 4.74 Å². The minimum absolute atomic E-state index is 0.223. The maximum Gasteiger partial charge on any atom is 0.410 e. The lowest BCUT2D eigenvalue weighted by Gasteiger charge is -2.34. The van der Waals surface area contributed by atoms with E-state index in [0.29, 0.717) is 6.54 Å². The molecule has 0 fully saturated rings. The standard InChI is InChI=1S/C21H27N3O4S/c1-16-15-23(20(25)28-21(2,3)4)11-5-6-12-24(16)29(26,27)19-8-7-18-14-22-10-9-17(18)13-19/h5-10,13-14,16H,11-12,15H2,1-4H3/t16-/m1/s1. The summed E-state index contributed by atoms with van der Waals surface area (Å²) in [6, 6.07) is 6.39. The van der Waals surface area contributed by atoms with E-state index in [1.54, 1.807) is 76.5 Å². The van der Waals surface area contributed by atoms with Gasteiger partial charge in [0, 0.05) is 43.5 Å². The van der Waals surface area contributed by atoms with Crippen molar-refractivity contribution in [2.75, 3.05) is 19.6 Å². The summed E-state index contributed by atoms with van der Waals surface area (Å²) in [5.41, 5.74) is -0.613. The average molecular weight is 418 g/mol. The van der Waals surface area contributed by atoms with Crippen molar-refractivity contribution in [1.29, 1.82) is 0 Å². The first-order chi connectivity index (χ1) is 13.6. The number of nitrogens with zero attached hydrogens (tertiary/aromatic N) is 3. The molecule has 1 aliphatic rings. The van der Waals surface area contributed by atoms with Crippen LogP contribution in [0.3, 0.4) is 0 Å². The third-order valence-electron chi connectivity index (χ3n) is 4.62. The first kappa shape index (κ1) is 21.3. The first-order valence-electron chi connectivity index (χ1n) is 9.56. The molecule has 0 saturated carbocycles. The Kier molecular flexibility index (Phi) is 5.95. The zero-order valence-electron chi connectivity index (χ0n) is 17.2. The number of sulfonamides is 1. The monoisotopic (exact) mass is 417 g/mol. The number of rotatable bonds is 2. The van der Waals surface area contributed by atoms with Gasteiger partial charge in [-0.1, -0.05) is 18.2 Å². The zero-order chi connectivity index (χ0) is 21.2. The lowest BCUT2D eigenvalue weighted by molar-refractivity contribution is 0.0239. The number of hydrogen-bond donors (Lipinski definition) is 0. The molecule has 29 heavy (non-hydrogen) atoms. The van der Waals surface area contributed by atoms with Crippen LogP contribution in [0.25, 0.3) is 10.8 Å². The quantitative estimate of drug-likeness (QED) is 0.700. The van der Waals surface area contributed by atoms with Gasteiger partial charge in [0.1, 0.15) is 5.60 Å². The molecule has 0 bridgehead atoms. The minimum atomic E-state index is -3.74. The van der Waals surface area contributed by atoms with Gasteiger partial charge in [-0.3, -0.25) is 4.98 Å². The Bertz CT molecular complexity index is 1030. The van der Waals surface area contributed by atoms with Gasteiger partial charge < -0.3 is 9.64 Å². The van der Waals surface area contributed by atoms with Crippen LogP contribution in [0.2, 0.25) is 0 Å². The van der Waals surface area contributed by atoms with E-state index in [1.165, 1.54) is 9.21 Å². The van der Waals surface area contributed by atoms with E-state index >= 15 is 0 Å². The third kappa shape index (κ3) is 4.94. The van der Waals surface area contributed by atoms with Crippen molar-refractivity contribution < 1.29 is 17.9 Å². The number of carbonyl (C=O) groups excluding carboxylic acids is 1. The van der Waals surface area contributed by atoms with E-state index in [-0.39, 0.29) is 18.0 Å². The summed E-state index contributed by atoms with van der Waals surface area (Å²) in [4.78, 5) is 18.3. The van der Waals surface area contributed by atoms with E-state index in [1.807, 2.05) is 0 Å². The topological polar surface area (TPSA) is 79.8 Å². The van der Waals surface area contributed by atoms with Crippen LogP contribution < -0.4 is 0 Å². The number of fused-ring (bicyclic) bond motifs is 1. The summed E-state index contributed by atoms with van der Waals surface area (Å²) >= 11 is 0. The van der Waals surface area contributed by atoms with Crippen LogP contribution in [-0.4, -0.2) is 60.0 Å². The minimum Gasteiger partial charge on any atom is -0.444 e. The predicted molar refractivity (Wildman–Crippen MR) is 112 cm³/mol. The number of aromatic nitrogens is 1. The van der Waals surface area contributed by atoms with Crippen LogP contribution in [0.1, 0.15) is 27.7 Å². The number of carbonyl (C=O) groups is 1. The van der Waals surface area contributed by atoms with Crippen LogP contribution in [0.15, 0.2) is 53.7 Å². The van der Waals surface area contributed by atoms with Gasteiger partial charge in [0.05, 0.1) is 4.90 Å². The number of pyridine rings is 1. The van der Waals surface area contributed by atoms with Gasteiger partial charge in [-0.15, -0.1) is 0 Å². The molecule has 1 aromatic heterocycles. The molecule has 0 unspecified atom stereocenters. The number of benzene rings is 1. The van der Waals surface area contributed by atoms with Crippen LogP contribution in [-0.2, 0) is 14.8 Å². The van der Waals surface area contributed by atoms with Crippen LogP contribution in [0.4, 0.5) is 4.79 Å². The van der Waals surface area contributed by atoms with Crippen molar-refractivity contribution in [3.8, 4) is 0 Å². The maximum atomic E-state index is 13.4. The van der Waals surface area contributed by atoms with E-state index < -0.39 is 27.8 Å². The Morgan fingerprint density at radius 3 is 2.59 bits per heavy atom. The summed E-state index contributed by atoms with van der Waals surface area (Å²) in [6.45, 7) is 8.10. The molecule has 7 nitrogen and oxygen atoms in total. The van der Waals surface area contributed by atoms with Gasteiger partial charge in [-0.25, -0.2) is 13.2 Å². The molecular weight excluding hydrogens is 390 g/mol. The fourth-order valence-electron chi connectivity index (χ4n) is 3.21. The molecule has 1 amide bonds. The van der Waals surface area contributed by atoms with Gasteiger partial charge in [-0.05, 0) is 51.3 Å².